The zero-order chi connectivity index (χ0) is 11.3. The van der Waals surface area contributed by atoms with Crippen LogP contribution in [0.1, 0.15) is 16.9 Å². The zero-order valence-corrected chi connectivity index (χ0v) is 8.93. The maximum Gasteiger partial charge on any atom is 0.355 e. The van der Waals surface area contributed by atoms with Gasteiger partial charge in [-0.1, -0.05) is 0 Å². The number of aromatic nitrogens is 1. The normalized spacial score (nSPS) is 9.67. The Morgan fingerprint density at radius 2 is 2.33 bits per heavy atom. The first-order chi connectivity index (χ1) is 7.13. The molecule has 0 aliphatic carbocycles. The molecular formula is C8H11N3O3S. The number of hydrogen-bond donors (Lipinski definition) is 3. The molecule has 0 fully saturated rings. The molecule has 0 saturated carbocycles. The van der Waals surface area contributed by atoms with Crippen LogP contribution in [0.5, 0.6) is 0 Å². The molecule has 0 aromatic carbocycles. The van der Waals surface area contributed by atoms with Crippen LogP contribution in [-0.4, -0.2) is 35.6 Å². The van der Waals surface area contributed by atoms with Crippen LogP contribution in [0.2, 0.25) is 0 Å². The second kappa shape index (κ2) is 5.30. The van der Waals surface area contributed by atoms with Crippen LogP contribution in [0.25, 0.3) is 0 Å². The van der Waals surface area contributed by atoms with Crippen molar-refractivity contribution in [2.75, 3.05) is 18.9 Å². The zero-order valence-electron chi connectivity index (χ0n) is 8.11. The molecule has 0 radical (unpaired) electrons. The number of nitrogens with zero attached hydrogens (tertiary/aromatic N) is 1. The molecule has 1 heterocycles. The molecule has 1 rings (SSSR count). The topological polar surface area (TPSA) is 91.3 Å². The first kappa shape index (κ1) is 11.4. The van der Waals surface area contributed by atoms with Gasteiger partial charge in [-0.15, -0.1) is 11.3 Å². The number of rotatable bonds is 5. The van der Waals surface area contributed by atoms with Crippen LogP contribution in [0, 0.1) is 0 Å². The van der Waals surface area contributed by atoms with Gasteiger partial charge in [-0.25, -0.2) is 9.78 Å². The number of carbonyl (C=O) groups excluding carboxylic acids is 1. The van der Waals surface area contributed by atoms with Gasteiger partial charge in [0.15, 0.2) is 10.8 Å². The third-order valence-electron chi connectivity index (χ3n) is 1.63. The lowest BCUT2D eigenvalue weighted by atomic mass is 10.4. The minimum Gasteiger partial charge on any atom is -0.476 e. The van der Waals surface area contributed by atoms with Gasteiger partial charge in [0, 0.05) is 25.4 Å². The Morgan fingerprint density at radius 1 is 1.60 bits per heavy atom. The maximum atomic E-state index is 10.9. The van der Waals surface area contributed by atoms with Gasteiger partial charge in [0.25, 0.3) is 0 Å². The van der Waals surface area contributed by atoms with Gasteiger partial charge in [-0.2, -0.15) is 0 Å². The first-order valence-corrected chi connectivity index (χ1v) is 5.14. The van der Waals surface area contributed by atoms with Crippen molar-refractivity contribution < 1.29 is 14.7 Å². The van der Waals surface area contributed by atoms with E-state index in [1.165, 1.54) is 16.7 Å². The molecule has 0 unspecified atom stereocenters. The van der Waals surface area contributed by atoms with E-state index in [0.29, 0.717) is 18.1 Å². The number of aromatic carboxylic acids is 1. The molecule has 1 aromatic heterocycles. The van der Waals surface area contributed by atoms with Crippen LogP contribution in [-0.2, 0) is 4.79 Å². The molecular weight excluding hydrogens is 218 g/mol. The highest BCUT2D eigenvalue weighted by Crippen LogP contribution is 2.14. The van der Waals surface area contributed by atoms with Crippen LogP contribution in [0.3, 0.4) is 0 Å². The lowest BCUT2D eigenvalue weighted by Crippen LogP contribution is -2.20. The van der Waals surface area contributed by atoms with Crippen molar-refractivity contribution in [2.24, 2.45) is 0 Å². The van der Waals surface area contributed by atoms with Crippen molar-refractivity contribution in [3.63, 3.8) is 0 Å². The maximum absolute atomic E-state index is 10.9. The number of hydrogen-bond acceptors (Lipinski definition) is 5. The summed E-state index contributed by atoms with van der Waals surface area (Å²) in [6.45, 7) is 0.437. The smallest absolute Gasteiger partial charge is 0.355 e. The molecule has 0 spiro atoms. The Morgan fingerprint density at radius 3 is 2.87 bits per heavy atom. The molecule has 6 nitrogen and oxygen atoms in total. The standard InChI is InChI=1S/C8H11N3O3S/c1-9-6(12)2-3-10-8-11-5(4-15-8)7(13)14/h4H,2-3H2,1H3,(H,9,12)(H,10,11)(H,13,14). The monoisotopic (exact) mass is 229 g/mol. The van der Waals surface area contributed by atoms with Gasteiger partial charge >= 0.3 is 5.97 Å². The second-order valence-corrected chi connectivity index (χ2v) is 3.55. The Bertz CT molecular complexity index is 364. The fraction of sp³-hybridized carbons (Fsp3) is 0.375. The van der Waals surface area contributed by atoms with Crippen molar-refractivity contribution in [3.8, 4) is 0 Å². The third kappa shape index (κ3) is 3.55. The average Bonchev–Trinajstić information content (AvgIpc) is 2.66. The largest absolute Gasteiger partial charge is 0.476 e. The van der Waals surface area contributed by atoms with E-state index in [0.717, 1.165) is 0 Å². The van der Waals surface area contributed by atoms with Gasteiger partial charge in [-0.3, -0.25) is 4.79 Å². The summed E-state index contributed by atoms with van der Waals surface area (Å²) in [6.07, 6.45) is 0.332. The summed E-state index contributed by atoms with van der Waals surface area (Å²) < 4.78 is 0. The molecule has 0 aliphatic rings. The van der Waals surface area contributed by atoms with Crippen molar-refractivity contribution in [2.45, 2.75) is 6.42 Å². The minimum absolute atomic E-state index is 0.0162. The van der Waals surface area contributed by atoms with Crippen LogP contribution in [0.15, 0.2) is 5.38 Å². The summed E-state index contributed by atoms with van der Waals surface area (Å²) in [5.41, 5.74) is 0.0162. The minimum atomic E-state index is -1.05. The van der Waals surface area contributed by atoms with Crippen molar-refractivity contribution in [3.05, 3.63) is 11.1 Å². The molecule has 1 aromatic rings. The summed E-state index contributed by atoms with van der Waals surface area (Å²) in [5.74, 6) is -1.12. The molecule has 7 heteroatoms. The molecule has 0 aliphatic heterocycles. The number of carboxylic acid groups (broad SMARTS) is 1. The highest BCUT2D eigenvalue weighted by Gasteiger charge is 2.08. The fourth-order valence-corrected chi connectivity index (χ4v) is 1.57. The highest BCUT2D eigenvalue weighted by atomic mass is 32.1. The van der Waals surface area contributed by atoms with E-state index in [2.05, 4.69) is 15.6 Å². The van der Waals surface area contributed by atoms with Crippen LogP contribution >= 0.6 is 11.3 Å². The Hall–Kier alpha value is -1.63. The molecule has 0 saturated heterocycles. The van der Waals surface area contributed by atoms with Crippen molar-refractivity contribution in [1.29, 1.82) is 0 Å². The SMILES string of the molecule is CNC(=O)CCNc1nc(C(=O)O)cs1. The molecule has 82 valence electrons. The highest BCUT2D eigenvalue weighted by molar-refractivity contribution is 7.13. The van der Waals surface area contributed by atoms with Crippen molar-refractivity contribution >= 4 is 28.3 Å². The predicted octanol–water partition coefficient (Wildman–Crippen LogP) is 0.389. The molecule has 3 N–H and O–H groups in total. The number of anilines is 1. The fourth-order valence-electron chi connectivity index (χ4n) is 0.861. The van der Waals surface area contributed by atoms with Crippen LogP contribution < -0.4 is 10.6 Å². The Labute approximate surface area is 90.3 Å². The second-order valence-electron chi connectivity index (χ2n) is 2.69. The molecule has 15 heavy (non-hydrogen) atoms. The number of amides is 1. The molecule has 0 bridgehead atoms. The van der Waals surface area contributed by atoms with Crippen molar-refractivity contribution in [1.82, 2.24) is 10.3 Å². The first-order valence-electron chi connectivity index (χ1n) is 4.26. The average molecular weight is 229 g/mol. The lowest BCUT2D eigenvalue weighted by molar-refractivity contribution is -0.120. The number of carbonyl (C=O) groups is 2. The summed E-state index contributed by atoms with van der Waals surface area (Å²) in [6, 6.07) is 0. The van der Waals surface area contributed by atoms with E-state index < -0.39 is 5.97 Å². The quantitative estimate of drug-likeness (QED) is 0.679. The van der Waals surface area contributed by atoms with E-state index in [4.69, 9.17) is 5.11 Å². The van der Waals surface area contributed by atoms with Gasteiger partial charge in [0.2, 0.25) is 5.91 Å². The van der Waals surface area contributed by atoms with Gasteiger partial charge in [0.1, 0.15) is 0 Å². The van der Waals surface area contributed by atoms with E-state index in [-0.39, 0.29) is 11.6 Å². The Kier molecular flexibility index (Phi) is 4.04. The lowest BCUT2D eigenvalue weighted by Gasteiger charge is -2.00. The van der Waals surface area contributed by atoms with E-state index >= 15 is 0 Å². The van der Waals surface area contributed by atoms with Gasteiger partial charge < -0.3 is 15.7 Å². The van der Waals surface area contributed by atoms with E-state index in [1.807, 2.05) is 0 Å². The number of nitrogens with one attached hydrogen (secondary N) is 2. The summed E-state index contributed by atoms with van der Waals surface area (Å²) in [4.78, 5) is 25.2. The summed E-state index contributed by atoms with van der Waals surface area (Å²) in [5, 5.41) is 15.9. The summed E-state index contributed by atoms with van der Waals surface area (Å²) in [7, 11) is 1.56. The van der Waals surface area contributed by atoms with Gasteiger partial charge in [0.05, 0.1) is 0 Å². The van der Waals surface area contributed by atoms with E-state index in [1.54, 1.807) is 7.05 Å². The molecule has 1 amide bonds. The summed E-state index contributed by atoms with van der Waals surface area (Å²) >= 11 is 1.20. The number of carboxylic acids is 1. The number of thiazole rings is 1. The Balaban J connectivity index is 2.38. The molecule has 0 atom stereocenters. The third-order valence-corrected chi connectivity index (χ3v) is 2.43. The van der Waals surface area contributed by atoms with Crippen LogP contribution in [0.4, 0.5) is 5.13 Å². The van der Waals surface area contributed by atoms with E-state index in [9.17, 15) is 9.59 Å². The van der Waals surface area contributed by atoms with Gasteiger partial charge in [-0.05, 0) is 0 Å². The predicted molar refractivity (Wildman–Crippen MR) is 56.2 cm³/mol.